The first-order valence-corrected chi connectivity index (χ1v) is 5.75. The van der Waals surface area contributed by atoms with E-state index in [1.54, 1.807) is 13.8 Å². The lowest BCUT2D eigenvalue weighted by molar-refractivity contribution is -0.384. The lowest BCUT2D eigenvalue weighted by atomic mass is 10.3. The van der Waals surface area contributed by atoms with Gasteiger partial charge in [0.15, 0.2) is 0 Å². The number of anilines is 1. The number of hydrogen-bond acceptors (Lipinski definition) is 5. The molecule has 0 fully saturated rings. The molecule has 0 spiro atoms. The average molecular weight is 277 g/mol. The normalized spacial score (nSPS) is 11.9. The molecule has 19 heavy (non-hydrogen) atoms. The van der Waals surface area contributed by atoms with Crippen molar-refractivity contribution >= 4 is 11.5 Å². The van der Waals surface area contributed by atoms with E-state index in [2.05, 4.69) is 10.4 Å². The average Bonchev–Trinajstić information content (AvgIpc) is 2.64. The lowest BCUT2D eigenvalue weighted by Crippen LogP contribution is -2.36. The molecule has 3 N–H and O–H groups in total. The van der Waals surface area contributed by atoms with Crippen molar-refractivity contribution in [1.29, 1.82) is 0 Å². The number of nitrogens with one attached hydrogen (secondary N) is 1. The van der Waals surface area contributed by atoms with Gasteiger partial charge in [-0.05, 0) is 20.8 Å². The first-order valence-electron chi connectivity index (χ1n) is 5.75. The van der Waals surface area contributed by atoms with Crippen molar-refractivity contribution in [3.63, 3.8) is 0 Å². The number of hydrogen-bond donors (Lipinski definition) is 2. The van der Waals surface area contributed by atoms with Gasteiger partial charge in [-0.25, -0.2) is 13.5 Å². The summed E-state index contributed by atoms with van der Waals surface area (Å²) >= 11 is 0. The zero-order valence-corrected chi connectivity index (χ0v) is 11.0. The summed E-state index contributed by atoms with van der Waals surface area (Å²) in [5.74, 6) is -3.15. The van der Waals surface area contributed by atoms with Gasteiger partial charge < -0.3 is 11.1 Å². The van der Waals surface area contributed by atoms with Crippen molar-refractivity contribution < 1.29 is 13.7 Å². The Morgan fingerprint density at radius 1 is 1.58 bits per heavy atom. The molecule has 0 bridgehead atoms. The fourth-order valence-electron chi connectivity index (χ4n) is 1.58. The number of nitrogens with two attached hydrogens (primary N) is 1. The molecule has 0 aliphatic rings. The molecule has 0 aromatic carbocycles. The minimum absolute atomic E-state index is 0.0226. The topological polar surface area (TPSA) is 99.0 Å². The van der Waals surface area contributed by atoms with E-state index in [1.807, 2.05) is 0 Å². The first-order chi connectivity index (χ1) is 8.69. The van der Waals surface area contributed by atoms with Crippen LogP contribution in [0.4, 0.5) is 20.3 Å². The van der Waals surface area contributed by atoms with Crippen LogP contribution in [0.25, 0.3) is 0 Å². The Morgan fingerprint density at radius 3 is 2.58 bits per heavy atom. The molecule has 108 valence electrons. The zero-order chi connectivity index (χ0) is 14.8. The summed E-state index contributed by atoms with van der Waals surface area (Å²) in [5, 5.41) is 17.4. The van der Waals surface area contributed by atoms with E-state index in [4.69, 9.17) is 5.73 Å². The fraction of sp³-hybridized carbons (Fsp3) is 0.700. The number of rotatable bonds is 6. The first kappa shape index (κ1) is 15.3. The van der Waals surface area contributed by atoms with Gasteiger partial charge in [-0.3, -0.25) is 10.1 Å². The molecule has 7 nitrogen and oxygen atoms in total. The van der Waals surface area contributed by atoms with E-state index in [0.29, 0.717) is 0 Å². The summed E-state index contributed by atoms with van der Waals surface area (Å²) in [6.45, 7) is 3.36. The smallest absolute Gasteiger partial charge is 0.333 e. The molecular weight excluding hydrogens is 260 g/mol. The summed E-state index contributed by atoms with van der Waals surface area (Å²) < 4.78 is 27.6. The van der Waals surface area contributed by atoms with Gasteiger partial charge in [-0.15, -0.1) is 0 Å². The van der Waals surface area contributed by atoms with Gasteiger partial charge in [0.2, 0.25) is 5.82 Å². The molecule has 1 aromatic rings. The van der Waals surface area contributed by atoms with Crippen molar-refractivity contribution in [2.45, 2.75) is 32.7 Å². The molecular formula is C10H17F2N5O2. The molecule has 0 atom stereocenters. The molecule has 0 radical (unpaired) electrons. The van der Waals surface area contributed by atoms with Gasteiger partial charge in [-0.2, -0.15) is 5.10 Å². The molecule has 0 saturated heterocycles. The number of alkyl halides is 2. The monoisotopic (exact) mass is 277 g/mol. The van der Waals surface area contributed by atoms with Crippen LogP contribution in [0.3, 0.4) is 0 Å². The Labute approximate surface area is 108 Å². The number of nitro groups is 1. The summed E-state index contributed by atoms with van der Waals surface area (Å²) in [7, 11) is 0. The van der Waals surface area contributed by atoms with Crippen LogP contribution in [0.1, 0.15) is 25.6 Å². The third-order valence-corrected chi connectivity index (χ3v) is 2.54. The van der Waals surface area contributed by atoms with Crippen LogP contribution >= 0.6 is 0 Å². The predicted molar refractivity (Wildman–Crippen MR) is 66.5 cm³/mol. The van der Waals surface area contributed by atoms with Crippen molar-refractivity contribution in [3.8, 4) is 0 Å². The molecule has 0 aliphatic carbocycles. The fourth-order valence-corrected chi connectivity index (χ4v) is 1.58. The zero-order valence-electron chi connectivity index (χ0n) is 11.0. The van der Waals surface area contributed by atoms with Crippen LogP contribution in [0, 0.1) is 17.0 Å². The van der Waals surface area contributed by atoms with Gasteiger partial charge >= 0.3 is 5.69 Å². The number of nitrogens with zero attached hydrogens (tertiary/aromatic N) is 3. The van der Waals surface area contributed by atoms with E-state index in [-0.39, 0.29) is 23.2 Å². The van der Waals surface area contributed by atoms with E-state index >= 15 is 0 Å². The molecule has 0 aliphatic heterocycles. The molecule has 9 heteroatoms. The highest BCUT2D eigenvalue weighted by molar-refractivity contribution is 5.59. The quantitative estimate of drug-likeness (QED) is 0.609. The SMILES string of the molecule is Cc1nn(C(C)C)c(NCC(F)(F)CN)c1[N+](=O)[O-]. The Hall–Kier alpha value is -1.77. The van der Waals surface area contributed by atoms with E-state index in [9.17, 15) is 18.9 Å². The maximum atomic E-state index is 13.1. The van der Waals surface area contributed by atoms with E-state index in [0.717, 1.165) is 0 Å². The highest BCUT2D eigenvalue weighted by Gasteiger charge is 2.31. The Kier molecular flexibility index (Phi) is 4.40. The van der Waals surface area contributed by atoms with Gasteiger partial charge in [-0.1, -0.05) is 0 Å². The minimum Gasteiger partial charge on any atom is -0.358 e. The number of aryl methyl sites for hydroxylation is 1. The predicted octanol–water partition coefficient (Wildman–Crippen LogP) is 1.69. The standard InChI is InChI=1S/C10H17F2N5O2/c1-6(2)16-9(14-5-10(11,12)4-13)8(17(18)19)7(3)15-16/h6,14H,4-5,13H2,1-3H3. The molecule has 0 unspecified atom stereocenters. The molecule has 1 rings (SSSR count). The lowest BCUT2D eigenvalue weighted by Gasteiger charge is -2.17. The third kappa shape index (κ3) is 3.37. The molecule has 1 heterocycles. The highest BCUT2D eigenvalue weighted by atomic mass is 19.3. The summed E-state index contributed by atoms with van der Waals surface area (Å²) in [5.41, 5.74) is 4.81. The second kappa shape index (κ2) is 5.47. The summed E-state index contributed by atoms with van der Waals surface area (Å²) in [6.07, 6.45) is 0. The molecule has 0 saturated carbocycles. The maximum Gasteiger partial charge on any atom is 0.333 e. The van der Waals surface area contributed by atoms with Gasteiger partial charge in [0, 0.05) is 6.04 Å². The van der Waals surface area contributed by atoms with Crippen molar-refractivity contribution in [2.75, 3.05) is 18.4 Å². The van der Waals surface area contributed by atoms with Gasteiger partial charge in [0.25, 0.3) is 5.92 Å². The van der Waals surface area contributed by atoms with Crippen molar-refractivity contribution in [1.82, 2.24) is 9.78 Å². The van der Waals surface area contributed by atoms with E-state index < -0.39 is 23.9 Å². The maximum absolute atomic E-state index is 13.1. The third-order valence-electron chi connectivity index (χ3n) is 2.54. The van der Waals surface area contributed by atoms with Crippen LogP contribution in [0.2, 0.25) is 0 Å². The van der Waals surface area contributed by atoms with Crippen LogP contribution in [-0.4, -0.2) is 33.7 Å². The van der Waals surface area contributed by atoms with Crippen LogP contribution in [-0.2, 0) is 0 Å². The van der Waals surface area contributed by atoms with Crippen LogP contribution in [0.15, 0.2) is 0 Å². The van der Waals surface area contributed by atoms with Crippen molar-refractivity contribution in [3.05, 3.63) is 15.8 Å². The largest absolute Gasteiger partial charge is 0.358 e. The highest BCUT2D eigenvalue weighted by Crippen LogP contribution is 2.31. The summed E-state index contributed by atoms with van der Waals surface area (Å²) in [4.78, 5) is 10.3. The van der Waals surface area contributed by atoms with E-state index in [1.165, 1.54) is 11.6 Å². The van der Waals surface area contributed by atoms with Crippen LogP contribution in [0.5, 0.6) is 0 Å². The van der Waals surface area contributed by atoms with Crippen molar-refractivity contribution in [2.24, 2.45) is 5.73 Å². The summed E-state index contributed by atoms with van der Waals surface area (Å²) in [6, 6.07) is -0.193. The molecule has 1 aromatic heterocycles. The molecule has 0 amide bonds. The second-order valence-corrected chi connectivity index (χ2v) is 4.49. The Balaban J connectivity index is 3.12. The Morgan fingerprint density at radius 2 is 2.16 bits per heavy atom. The number of aromatic nitrogens is 2. The van der Waals surface area contributed by atoms with Gasteiger partial charge in [0.1, 0.15) is 5.69 Å². The minimum atomic E-state index is -3.13. The second-order valence-electron chi connectivity index (χ2n) is 4.49. The number of halogens is 2. The van der Waals surface area contributed by atoms with Crippen LogP contribution < -0.4 is 11.1 Å². The van der Waals surface area contributed by atoms with Gasteiger partial charge in [0.05, 0.1) is 18.0 Å². The Bertz CT molecular complexity index is 473.